The number of nitrogens with one attached hydrogen (secondary N) is 1. The van der Waals surface area contributed by atoms with Crippen molar-refractivity contribution in [3.05, 3.63) is 52.0 Å². The molecule has 2 aromatic rings. The van der Waals surface area contributed by atoms with Gasteiger partial charge in [0.1, 0.15) is 5.82 Å². The van der Waals surface area contributed by atoms with E-state index in [-0.39, 0.29) is 11.7 Å². The SMILES string of the molecule is Cc1ccsc1CN(C)C(=O)Nc1ccccc1F. The van der Waals surface area contributed by atoms with Gasteiger partial charge in [-0.1, -0.05) is 12.1 Å². The van der Waals surface area contributed by atoms with E-state index in [1.165, 1.54) is 17.0 Å². The molecule has 0 atom stereocenters. The quantitative estimate of drug-likeness (QED) is 0.908. The highest BCUT2D eigenvalue weighted by Crippen LogP contribution is 2.18. The molecule has 5 heteroatoms. The van der Waals surface area contributed by atoms with Crippen molar-refractivity contribution in [1.29, 1.82) is 0 Å². The molecular weight excluding hydrogens is 263 g/mol. The summed E-state index contributed by atoms with van der Waals surface area (Å²) >= 11 is 1.61. The topological polar surface area (TPSA) is 32.3 Å². The summed E-state index contributed by atoms with van der Waals surface area (Å²) in [4.78, 5) is 14.6. The first-order valence-electron chi connectivity index (χ1n) is 5.87. The van der Waals surface area contributed by atoms with Gasteiger partial charge in [-0.3, -0.25) is 0 Å². The highest BCUT2D eigenvalue weighted by molar-refractivity contribution is 7.10. The van der Waals surface area contributed by atoms with Crippen LogP contribution in [0.25, 0.3) is 0 Å². The number of nitrogens with zero attached hydrogens (tertiary/aromatic N) is 1. The number of rotatable bonds is 3. The molecule has 0 aliphatic rings. The zero-order valence-electron chi connectivity index (χ0n) is 10.8. The first-order chi connectivity index (χ1) is 9.08. The second-order valence-electron chi connectivity index (χ2n) is 4.29. The summed E-state index contributed by atoms with van der Waals surface area (Å²) in [7, 11) is 1.69. The van der Waals surface area contributed by atoms with Crippen LogP contribution in [-0.2, 0) is 6.54 Å². The molecule has 0 fully saturated rings. The van der Waals surface area contributed by atoms with Gasteiger partial charge in [0.25, 0.3) is 0 Å². The summed E-state index contributed by atoms with van der Waals surface area (Å²) in [5.74, 6) is -0.434. The van der Waals surface area contributed by atoms with Gasteiger partial charge in [0.15, 0.2) is 0 Å². The molecular formula is C14H15FN2OS. The Morgan fingerprint density at radius 1 is 1.37 bits per heavy atom. The van der Waals surface area contributed by atoms with E-state index < -0.39 is 5.82 Å². The minimum absolute atomic E-state index is 0.197. The molecule has 0 aliphatic carbocycles. The van der Waals surface area contributed by atoms with Crippen LogP contribution in [0.5, 0.6) is 0 Å². The van der Waals surface area contributed by atoms with Gasteiger partial charge in [-0.2, -0.15) is 0 Å². The molecule has 0 saturated carbocycles. The van der Waals surface area contributed by atoms with E-state index in [0.717, 1.165) is 10.4 Å². The van der Waals surface area contributed by atoms with Gasteiger partial charge in [0, 0.05) is 11.9 Å². The molecule has 2 rings (SSSR count). The number of benzene rings is 1. The van der Waals surface area contributed by atoms with Crippen LogP contribution in [0.2, 0.25) is 0 Å². The fourth-order valence-electron chi connectivity index (χ4n) is 1.63. The van der Waals surface area contributed by atoms with E-state index in [4.69, 9.17) is 0 Å². The van der Waals surface area contributed by atoms with Crippen LogP contribution >= 0.6 is 11.3 Å². The summed E-state index contributed by atoms with van der Waals surface area (Å²) in [6.07, 6.45) is 0. The van der Waals surface area contributed by atoms with Gasteiger partial charge in [0.05, 0.1) is 12.2 Å². The highest BCUT2D eigenvalue weighted by Gasteiger charge is 2.12. The molecule has 1 heterocycles. The smallest absolute Gasteiger partial charge is 0.321 e. The van der Waals surface area contributed by atoms with Gasteiger partial charge in [0.2, 0.25) is 0 Å². The number of amides is 2. The maximum absolute atomic E-state index is 13.4. The summed E-state index contributed by atoms with van der Waals surface area (Å²) in [6, 6.07) is 7.82. The van der Waals surface area contributed by atoms with Gasteiger partial charge in [-0.15, -0.1) is 11.3 Å². The van der Waals surface area contributed by atoms with Crippen LogP contribution in [-0.4, -0.2) is 18.0 Å². The lowest BCUT2D eigenvalue weighted by Crippen LogP contribution is -2.31. The van der Waals surface area contributed by atoms with Crippen LogP contribution in [0, 0.1) is 12.7 Å². The minimum atomic E-state index is -0.434. The van der Waals surface area contributed by atoms with Crippen LogP contribution in [0.4, 0.5) is 14.9 Å². The molecule has 0 spiro atoms. The first kappa shape index (κ1) is 13.5. The molecule has 0 radical (unpaired) electrons. The Morgan fingerprint density at radius 2 is 2.11 bits per heavy atom. The third-order valence-electron chi connectivity index (χ3n) is 2.81. The zero-order valence-corrected chi connectivity index (χ0v) is 11.6. The molecule has 1 aromatic carbocycles. The van der Waals surface area contributed by atoms with Gasteiger partial charge in [-0.25, -0.2) is 9.18 Å². The largest absolute Gasteiger partial charge is 0.322 e. The Balaban J connectivity index is 2.00. The van der Waals surface area contributed by atoms with Crippen molar-refractivity contribution in [2.75, 3.05) is 12.4 Å². The van der Waals surface area contributed by atoms with Crippen LogP contribution in [0.1, 0.15) is 10.4 Å². The lowest BCUT2D eigenvalue weighted by atomic mass is 10.3. The van der Waals surface area contributed by atoms with Crippen molar-refractivity contribution in [2.24, 2.45) is 0 Å². The molecule has 0 bridgehead atoms. The second kappa shape index (κ2) is 5.84. The molecule has 100 valence electrons. The number of hydrogen-bond acceptors (Lipinski definition) is 2. The number of carbonyl (C=O) groups excluding carboxylic acids is 1. The number of urea groups is 1. The summed E-state index contributed by atoms with van der Waals surface area (Å²) < 4.78 is 13.4. The van der Waals surface area contributed by atoms with Crippen LogP contribution in [0.3, 0.4) is 0 Å². The van der Waals surface area contributed by atoms with Crippen LogP contribution in [0.15, 0.2) is 35.7 Å². The zero-order chi connectivity index (χ0) is 13.8. The number of aryl methyl sites for hydroxylation is 1. The third-order valence-corrected chi connectivity index (χ3v) is 3.82. The number of halogens is 1. The van der Waals surface area contributed by atoms with E-state index >= 15 is 0 Å². The Labute approximate surface area is 115 Å². The lowest BCUT2D eigenvalue weighted by Gasteiger charge is -2.18. The van der Waals surface area contributed by atoms with Crippen molar-refractivity contribution in [3.8, 4) is 0 Å². The van der Waals surface area contributed by atoms with Crippen molar-refractivity contribution in [3.63, 3.8) is 0 Å². The monoisotopic (exact) mass is 278 g/mol. The second-order valence-corrected chi connectivity index (χ2v) is 5.29. The number of para-hydroxylation sites is 1. The van der Waals surface area contributed by atoms with E-state index in [1.54, 1.807) is 30.5 Å². The fourth-order valence-corrected chi connectivity index (χ4v) is 2.59. The normalized spacial score (nSPS) is 10.3. The molecule has 19 heavy (non-hydrogen) atoms. The number of carbonyl (C=O) groups is 1. The van der Waals surface area contributed by atoms with E-state index in [9.17, 15) is 9.18 Å². The average molecular weight is 278 g/mol. The maximum Gasteiger partial charge on any atom is 0.321 e. The molecule has 0 unspecified atom stereocenters. The van der Waals surface area contributed by atoms with Gasteiger partial charge < -0.3 is 10.2 Å². The summed E-state index contributed by atoms with van der Waals surface area (Å²) in [5.41, 5.74) is 1.36. The minimum Gasteiger partial charge on any atom is -0.322 e. The predicted molar refractivity (Wildman–Crippen MR) is 75.9 cm³/mol. The number of anilines is 1. The predicted octanol–water partition coefficient (Wildman–Crippen LogP) is 3.86. The lowest BCUT2D eigenvalue weighted by molar-refractivity contribution is 0.221. The summed E-state index contributed by atoms with van der Waals surface area (Å²) in [5, 5.41) is 4.55. The number of hydrogen-bond donors (Lipinski definition) is 1. The summed E-state index contributed by atoms with van der Waals surface area (Å²) in [6.45, 7) is 2.53. The molecule has 2 amide bonds. The van der Waals surface area contributed by atoms with E-state index in [1.807, 2.05) is 18.4 Å². The standard InChI is InChI=1S/C14H15FN2OS/c1-10-7-8-19-13(10)9-17(2)14(18)16-12-6-4-3-5-11(12)15/h3-8H,9H2,1-2H3,(H,16,18). The van der Waals surface area contributed by atoms with Crippen molar-refractivity contribution < 1.29 is 9.18 Å². The van der Waals surface area contributed by atoms with Crippen molar-refractivity contribution in [2.45, 2.75) is 13.5 Å². The van der Waals surface area contributed by atoms with Crippen molar-refractivity contribution >= 4 is 23.1 Å². The fraction of sp³-hybridized carbons (Fsp3) is 0.214. The first-order valence-corrected chi connectivity index (χ1v) is 6.75. The Morgan fingerprint density at radius 3 is 2.74 bits per heavy atom. The molecule has 1 aromatic heterocycles. The number of thiophene rings is 1. The van der Waals surface area contributed by atoms with E-state index in [2.05, 4.69) is 5.32 Å². The van der Waals surface area contributed by atoms with Gasteiger partial charge >= 0.3 is 6.03 Å². The van der Waals surface area contributed by atoms with Crippen molar-refractivity contribution in [1.82, 2.24) is 4.90 Å². The Kier molecular flexibility index (Phi) is 4.16. The van der Waals surface area contributed by atoms with Crippen LogP contribution < -0.4 is 5.32 Å². The molecule has 3 nitrogen and oxygen atoms in total. The Bertz CT molecular complexity index is 582. The Hall–Kier alpha value is -1.88. The third kappa shape index (κ3) is 3.32. The molecule has 0 saturated heterocycles. The maximum atomic E-state index is 13.4. The van der Waals surface area contributed by atoms with E-state index in [0.29, 0.717) is 6.54 Å². The van der Waals surface area contributed by atoms with Gasteiger partial charge in [-0.05, 0) is 36.1 Å². The molecule has 0 aliphatic heterocycles. The average Bonchev–Trinajstić information content (AvgIpc) is 2.78. The highest BCUT2D eigenvalue weighted by atomic mass is 32.1. The molecule has 1 N–H and O–H groups in total.